The minimum Gasteiger partial charge on any atom is -0.394 e. The fourth-order valence-electron chi connectivity index (χ4n) is 2.59. The van der Waals surface area contributed by atoms with Crippen LogP contribution in [0.2, 0.25) is 0 Å². The van der Waals surface area contributed by atoms with E-state index < -0.39 is 37.3 Å². The lowest BCUT2D eigenvalue weighted by Gasteiger charge is -2.39. The maximum absolute atomic E-state index is 9.80. The molecule has 4 N–H and O–H groups in total. The lowest BCUT2D eigenvalue weighted by Crippen LogP contribution is -2.59. The van der Waals surface area contributed by atoms with Gasteiger partial charge >= 0.3 is 0 Å². The molecule has 1 aliphatic rings. The van der Waals surface area contributed by atoms with Crippen molar-refractivity contribution in [2.45, 2.75) is 83.1 Å². The van der Waals surface area contributed by atoms with Gasteiger partial charge in [-0.15, -0.1) is 0 Å². The molecule has 6 nitrogen and oxygen atoms in total. The van der Waals surface area contributed by atoms with Gasteiger partial charge in [-0.3, -0.25) is 0 Å². The van der Waals surface area contributed by atoms with Crippen LogP contribution in [0.25, 0.3) is 0 Å². The second-order valence-corrected chi connectivity index (χ2v) is 6.52. The molecule has 1 unspecified atom stereocenters. The fraction of sp³-hybridized carbons (Fsp3) is 1.00. The highest BCUT2D eigenvalue weighted by atomic mass is 16.7. The smallest absolute Gasteiger partial charge is 0.186 e. The van der Waals surface area contributed by atoms with E-state index in [-0.39, 0.29) is 0 Å². The van der Waals surface area contributed by atoms with Crippen LogP contribution in [0.1, 0.15) is 52.4 Å². The Morgan fingerprint density at radius 1 is 0.909 bits per heavy atom. The van der Waals surface area contributed by atoms with Crippen LogP contribution in [0.5, 0.6) is 0 Å². The van der Waals surface area contributed by atoms with Crippen LogP contribution < -0.4 is 0 Å². The molecule has 0 aliphatic carbocycles. The zero-order chi connectivity index (χ0) is 16.5. The Labute approximate surface area is 133 Å². The van der Waals surface area contributed by atoms with Gasteiger partial charge in [0.25, 0.3) is 0 Å². The molecule has 0 bridgehead atoms. The number of unbranched alkanes of at least 4 members (excludes halogenated alkanes) is 4. The van der Waals surface area contributed by atoms with E-state index >= 15 is 0 Å². The summed E-state index contributed by atoms with van der Waals surface area (Å²) in [5, 5.41) is 38.2. The topological polar surface area (TPSA) is 99.4 Å². The highest BCUT2D eigenvalue weighted by Crippen LogP contribution is 2.22. The normalized spacial score (nSPS) is 32.6. The van der Waals surface area contributed by atoms with Crippen LogP contribution in [-0.4, -0.2) is 64.3 Å². The lowest BCUT2D eigenvalue weighted by molar-refractivity contribution is -0.301. The van der Waals surface area contributed by atoms with E-state index in [9.17, 15) is 15.3 Å². The van der Waals surface area contributed by atoms with Gasteiger partial charge in [0.1, 0.15) is 24.4 Å². The molecule has 6 heteroatoms. The maximum Gasteiger partial charge on any atom is 0.186 e. The molecule has 132 valence electrons. The van der Waals surface area contributed by atoms with E-state index in [4.69, 9.17) is 14.6 Å². The predicted octanol–water partition coefficient (Wildman–Crippen LogP) is 0.799. The number of hydrogen-bond donors (Lipinski definition) is 4. The van der Waals surface area contributed by atoms with Crippen molar-refractivity contribution in [3.63, 3.8) is 0 Å². The Bertz CT molecular complexity index is 284. The van der Waals surface area contributed by atoms with Crippen molar-refractivity contribution in [1.29, 1.82) is 0 Å². The number of ether oxygens (including phenoxy) is 2. The van der Waals surface area contributed by atoms with E-state index in [0.29, 0.717) is 6.61 Å². The summed E-state index contributed by atoms with van der Waals surface area (Å²) in [6, 6.07) is 0. The van der Waals surface area contributed by atoms with Crippen molar-refractivity contribution >= 4 is 0 Å². The molecule has 0 saturated carbocycles. The van der Waals surface area contributed by atoms with Crippen molar-refractivity contribution in [3.05, 3.63) is 0 Å². The quantitative estimate of drug-likeness (QED) is 0.444. The van der Waals surface area contributed by atoms with Crippen LogP contribution in [0.4, 0.5) is 0 Å². The fourth-order valence-corrected chi connectivity index (χ4v) is 2.59. The summed E-state index contributed by atoms with van der Waals surface area (Å²) >= 11 is 0. The third-order valence-corrected chi connectivity index (χ3v) is 4.06. The third-order valence-electron chi connectivity index (χ3n) is 4.06. The van der Waals surface area contributed by atoms with Crippen molar-refractivity contribution in [2.24, 2.45) is 5.92 Å². The Morgan fingerprint density at radius 3 is 2.18 bits per heavy atom. The molecular formula is C16H32O6. The lowest BCUT2D eigenvalue weighted by atomic mass is 9.99. The minimum atomic E-state index is -1.37. The molecule has 1 saturated heterocycles. The minimum absolute atomic E-state index is 0.423. The summed E-state index contributed by atoms with van der Waals surface area (Å²) in [7, 11) is 0. The van der Waals surface area contributed by atoms with Gasteiger partial charge in [-0.2, -0.15) is 0 Å². The third kappa shape index (κ3) is 6.48. The predicted molar refractivity (Wildman–Crippen MR) is 82.3 cm³/mol. The van der Waals surface area contributed by atoms with Gasteiger partial charge in [-0.05, 0) is 12.3 Å². The van der Waals surface area contributed by atoms with Gasteiger partial charge in [0.15, 0.2) is 6.29 Å². The first-order chi connectivity index (χ1) is 10.5. The second-order valence-electron chi connectivity index (χ2n) is 6.52. The van der Waals surface area contributed by atoms with E-state index in [1.54, 1.807) is 0 Å². The summed E-state index contributed by atoms with van der Waals surface area (Å²) in [4.78, 5) is 0. The van der Waals surface area contributed by atoms with Crippen LogP contribution >= 0.6 is 0 Å². The summed E-state index contributed by atoms with van der Waals surface area (Å²) in [6.45, 7) is 4.45. The second kappa shape index (κ2) is 10.5. The van der Waals surface area contributed by atoms with Gasteiger partial charge in [0.2, 0.25) is 0 Å². The van der Waals surface area contributed by atoms with Gasteiger partial charge in [0, 0.05) is 6.61 Å². The Balaban J connectivity index is 2.13. The van der Waals surface area contributed by atoms with Crippen LogP contribution in [0.15, 0.2) is 0 Å². The average molecular weight is 320 g/mol. The highest BCUT2D eigenvalue weighted by Gasteiger charge is 2.43. The number of rotatable bonds is 10. The standard InChI is InChI=1S/C16H32O6/c1-11(2)8-6-4-3-5-7-9-21-16-15(20)14(19)13(18)12(10-17)22-16/h11-20H,3-10H2,1-2H3/t12-,13-,14+,15-,16?/m1/s1. The van der Waals surface area contributed by atoms with Gasteiger partial charge < -0.3 is 29.9 Å². The molecule has 0 amide bonds. The molecule has 0 aromatic carbocycles. The maximum atomic E-state index is 9.80. The van der Waals surface area contributed by atoms with Crippen LogP contribution in [-0.2, 0) is 9.47 Å². The van der Waals surface area contributed by atoms with E-state index in [1.807, 2.05) is 0 Å². The summed E-state index contributed by atoms with van der Waals surface area (Å²) in [5.74, 6) is 0.759. The zero-order valence-electron chi connectivity index (χ0n) is 13.7. The first-order valence-corrected chi connectivity index (χ1v) is 8.39. The van der Waals surface area contributed by atoms with Crippen molar-refractivity contribution in [2.75, 3.05) is 13.2 Å². The Kier molecular flexibility index (Phi) is 9.47. The molecule has 1 rings (SSSR count). The largest absolute Gasteiger partial charge is 0.394 e. The Morgan fingerprint density at radius 2 is 1.55 bits per heavy atom. The molecule has 22 heavy (non-hydrogen) atoms. The number of aliphatic hydroxyl groups is 4. The molecule has 1 heterocycles. The molecule has 1 aliphatic heterocycles. The van der Waals surface area contributed by atoms with E-state index in [2.05, 4.69) is 13.8 Å². The molecule has 0 aromatic heterocycles. The Hall–Kier alpha value is -0.240. The molecule has 5 atom stereocenters. The molecule has 0 radical (unpaired) electrons. The van der Waals surface area contributed by atoms with Gasteiger partial charge in [-0.1, -0.05) is 46.0 Å². The van der Waals surface area contributed by atoms with Crippen molar-refractivity contribution < 1.29 is 29.9 Å². The first-order valence-electron chi connectivity index (χ1n) is 8.39. The van der Waals surface area contributed by atoms with Gasteiger partial charge in [-0.25, -0.2) is 0 Å². The monoisotopic (exact) mass is 320 g/mol. The highest BCUT2D eigenvalue weighted by molar-refractivity contribution is 4.88. The van der Waals surface area contributed by atoms with Gasteiger partial charge in [0.05, 0.1) is 6.61 Å². The summed E-state index contributed by atoms with van der Waals surface area (Å²) in [6.07, 6.45) is 0.898. The van der Waals surface area contributed by atoms with E-state index in [0.717, 1.165) is 25.2 Å². The van der Waals surface area contributed by atoms with E-state index in [1.165, 1.54) is 19.3 Å². The number of hydrogen-bond acceptors (Lipinski definition) is 6. The van der Waals surface area contributed by atoms with Crippen LogP contribution in [0.3, 0.4) is 0 Å². The molecule has 0 spiro atoms. The SMILES string of the molecule is CC(C)CCCCCCCOC1O[C@H](CO)[C@@H](O)[C@H](O)[C@H]1O. The molecular weight excluding hydrogens is 288 g/mol. The average Bonchev–Trinajstić information content (AvgIpc) is 2.49. The summed E-state index contributed by atoms with van der Waals surface area (Å²) in [5.41, 5.74) is 0. The van der Waals surface area contributed by atoms with Crippen molar-refractivity contribution in [1.82, 2.24) is 0 Å². The first kappa shape index (κ1) is 19.8. The molecule has 0 aromatic rings. The molecule has 1 fully saturated rings. The zero-order valence-corrected chi connectivity index (χ0v) is 13.7. The van der Waals surface area contributed by atoms with Crippen molar-refractivity contribution in [3.8, 4) is 0 Å². The summed E-state index contributed by atoms with van der Waals surface area (Å²) < 4.78 is 10.7. The number of aliphatic hydroxyl groups excluding tert-OH is 4. The van der Waals surface area contributed by atoms with Crippen LogP contribution in [0, 0.1) is 5.92 Å².